The number of hydrogen-bond acceptors (Lipinski definition) is 3. The monoisotopic (exact) mass is 242 g/mol. The number of aryl methyl sites for hydroxylation is 1. The second-order valence-corrected chi connectivity index (χ2v) is 4.65. The number of aromatic nitrogens is 2. The molecule has 0 aliphatic rings. The highest BCUT2D eigenvalue weighted by Crippen LogP contribution is 2.32. The number of aromatic carboxylic acids is 1. The van der Waals surface area contributed by atoms with E-state index in [0.717, 1.165) is 4.88 Å². The van der Waals surface area contributed by atoms with E-state index in [2.05, 4.69) is 5.10 Å². The molecule has 15 heavy (non-hydrogen) atoms. The first-order valence-electron chi connectivity index (χ1n) is 4.10. The first kappa shape index (κ1) is 10.2. The van der Waals surface area contributed by atoms with Gasteiger partial charge < -0.3 is 5.11 Å². The molecule has 2 heterocycles. The molecule has 1 N–H and O–H groups in total. The molecule has 0 aliphatic carbocycles. The van der Waals surface area contributed by atoms with Gasteiger partial charge in [-0.3, -0.25) is 4.68 Å². The van der Waals surface area contributed by atoms with Gasteiger partial charge in [-0.1, -0.05) is 11.6 Å². The summed E-state index contributed by atoms with van der Waals surface area (Å²) in [5.41, 5.74) is 0.774. The van der Waals surface area contributed by atoms with E-state index in [9.17, 15) is 4.79 Å². The number of halogens is 1. The lowest BCUT2D eigenvalue weighted by Gasteiger charge is -1.99. The zero-order valence-corrected chi connectivity index (χ0v) is 9.34. The molecule has 2 aromatic rings. The standard InChI is InChI=1S/C9H7ClN2O2S/c1-12-8(5(4-11-12)9(13)14)6-2-3-7(10)15-6/h2-4H,1H3,(H,13,14). The van der Waals surface area contributed by atoms with Crippen molar-refractivity contribution in [3.63, 3.8) is 0 Å². The SMILES string of the molecule is Cn1ncc(C(=O)O)c1-c1ccc(Cl)s1. The molecule has 0 spiro atoms. The third-order valence-corrected chi connectivity index (χ3v) is 3.21. The highest BCUT2D eigenvalue weighted by atomic mass is 35.5. The van der Waals surface area contributed by atoms with Crippen LogP contribution in [0.15, 0.2) is 18.3 Å². The van der Waals surface area contributed by atoms with Crippen LogP contribution in [0.25, 0.3) is 10.6 Å². The van der Waals surface area contributed by atoms with Gasteiger partial charge in [-0.15, -0.1) is 11.3 Å². The fourth-order valence-electron chi connectivity index (χ4n) is 1.33. The van der Waals surface area contributed by atoms with E-state index in [1.165, 1.54) is 22.2 Å². The predicted molar refractivity (Wildman–Crippen MR) is 58.5 cm³/mol. The van der Waals surface area contributed by atoms with E-state index in [1.54, 1.807) is 19.2 Å². The maximum atomic E-state index is 10.9. The van der Waals surface area contributed by atoms with Crippen molar-refractivity contribution < 1.29 is 9.90 Å². The van der Waals surface area contributed by atoms with Crippen molar-refractivity contribution in [2.24, 2.45) is 7.05 Å². The van der Waals surface area contributed by atoms with Crippen LogP contribution in [0.1, 0.15) is 10.4 Å². The minimum Gasteiger partial charge on any atom is -0.478 e. The second kappa shape index (κ2) is 3.67. The molecule has 6 heteroatoms. The van der Waals surface area contributed by atoms with Gasteiger partial charge in [0.25, 0.3) is 0 Å². The molecule has 78 valence electrons. The number of hydrogen-bond donors (Lipinski definition) is 1. The highest BCUT2D eigenvalue weighted by molar-refractivity contribution is 7.19. The van der Waals surface area contributed by atoms with Crippen LogP contribution in [-0.4, -0.2) is 20.9 Å². The van der Waals surface area contributed by atoms with Crippen LogP contribution >= 0.6 is 22.9 Å². The molecule has 0 atom stereocenters. The first-order chi connectivity index (χ1) is 7.09. The average Bonchev–Trinajstić information content (AvgIpc) is 2.71. The molecule has 2 aromatic heterocycles. The van der Waals surface area contributed by atoms with E-state index in [1.807, 2.05) is 0 Å². The van der Waals surface area contributed by atoms with Gasteiger partial charge in [-0.25, -0.2) is 4.79 Å². The molecule has 0 aliphatic heterocycles. The highest BCUT2D eigenvalue weighted by Gasteiger charge is 2.17. The van der Waals surface area contributed by atoms with Crippen molar-refractivity contribution in [1.82, 2.24) is 9.78 Å². The Morgan fingerprint density at radius 1 is 1.60 bits per heavy atom. The average molecular weight is 243 g/mol. The van der Waals surface area contributed by atoms with E-state index in [0.29, 0.717) is 10.0 Å². The van der Waals surface area contributed by atoms with Gasteiger partial charge in [0.1, 0.15) is 5.56 Å². The quantitative estimate of drug-likeness (QED) is 0.880. The molecule has 0 fully saturated rings. The maximum absolute atomic E-state index is 10.9. The number of carbonyl (C=O) groups is 1. The van der Waals surface area contributed by atoms with Crippen LogP contribution in [-0.2, 0) is 7.05 Å². The van der Waals surface area contributed by atoms with Crippen LogP contribution in [0.5, 0.6) is 0 Å². The molecule has 0 saturated carbocycles. The number of carboxylic acid groups (broad SMARTS) is 1. The minimum atomic E-state index is -0.984. The fourth-order valence-corrected chi connectivity index (χ4v) is 2.46. The Kier molecular flexibility index (Phi) is 2.50. The predicted octanol–water partition coefficient (Wildman–Crippen LogP) is 2.50. The summed E-state index contributed by atoms with van der Waals surface area (Å²) < 4.78 is 2.16. The van der Waals surface area contributed by atoms with E-state index >= 15 is 0 Å². The molecule has 0 unspecified atom stereocenters. The van der Waals surface area contributed by atoms with Crippen molar-refractivity contribution in [3.05, 3.63) is 28.2 Å². The third kappa shape index (κ3) is 1.75. The molecule has 0 aromatic carbocycles. The zero-order chi connectivity index (χ0) is 11.0. The molecule has 0 amide bonds. The van der Waals surface area contributed by atoms with Crippen molar-refractivity contribution in [3.8, 4) is 10.6 Å². The number of thiophene rings is 1. The van der Waals surface area contributed by atoms with Gasteiger partial charge in [-0.2, -0.15) is 5.10 Å². The Hall–Kier alpha value is -1.33. The summed E-state index contributed by atoms with van der Waals surface area (Å²) >= 11 is 7.14. The first-order valence-corrected chi connectivity index (χ1v) is 5.30. The minimum absolute atomic E-state index is 0.191. The normalized spacial score (nSPS) is 10.5. The molecular formula is C9H7ClN2O2S. The van der Waals surface area contributed by atoms with Crippen LogP contribution < -0.4 is 0 Å². The lowest BCUT2D eigenvalue weighted by atomic mass is 10.2. The van der Waals surface area contributed by atoms with E-state index < -0.39 is 5.97 Å². The van der Waals surface area contributed by atoms with Crippen molar-refractivity contribution in [1.29, 1.82) is 0 Å². The van der Waals surface area contributed by atoms with Gasteiger partial charge in [0.2, 0.25) is 0 Å². The van der Waals surface area contributed by atoms with Crippen molar-refractivity contribution in [2.75, 3.05) is 0 Å². The Labute approximate surface area is 94.7 Å². The number of rotatable bonds is 2. The van der Waals surface area contributed by atoms with Gasteiger partial charge in [-0.05, 0) is 12.1 Å². The second-order valence-electron chi connectivity index (χ2n) is 2.94. The van der Waals surface area contributed by atoms with Gasteiger partial charge in [0.05, 0.1) is 21.1 Å². The van der Waals surface area contributed by atoms with Crippen molar-refractivity contribution >= 4 is 28.9 Å². The van der Waals surface area contributed by atoms with E-state index in [-0.39, 0.29) is 5.56 Å². The smallest absolute Gasteiger partial charge is 0.339 e. The Balaban J connectivity index is 2.60. The summed E-state index contributed by atoms with van der Waals surface area (Å²) in [5.74, 6) is -0.984. The molecule has 0 bridgehead atoms. The Bertz CT molecular complexity index is 518. The molecule has 4 nitrogen and oxygen atoms in total. The molecule has 0 saturated heterocycles. The Morgan fingerprint density at radius 3 is 2.87 bits per heavy atom. The zero-order valence-electron chi connectivity index (χ0n) is 7.77. The van der Waals surface area contributed by atoms with Gasteiger partial charge >= 0.3 is 5.97 Å². The molecular weight excluding hydrogens is 236 g/mol. The summed E-state index contributed by atoms with van der Waals surface area (Å²) in [6.45, 7) is 0. The molecule has 0 radical (unpaired) electrons. The van der Waals surface area contributed by atoms with Gasteiger partial charge in [0, 0.05) is 7.05 Å². The number of nitrogens with zero attached hydrogens (tertiary/aromatic N) is 2. The topological polar surface area (TPSA) is 55.1 Å². The van der Waals surface area contributed by atoms with Crippen molar-refractivity contribution in [2.45, 2.75) is 0 Å². The summed E-state index contributed by atoms with van der Waals surface area (Å²) in [6.07, 6.45) is 1.34. The van der Waals surface area contributed by atoms with Crippen LogP contribution in [0.2, 0.25) is 4.34 Å². The van der Waals surface area contributed by atoms with Crippen LogP contribution in [0.4, 0.5) is 0 Å². The van der Waals surface area contributed by atoms with Crippen LogP contribution in [0, 0.1) is 0 Å². The third-order valence-electron chi connectivity index (χ3n) is 1.98. The largest absolute Gasteiger partial charge is 0.478 e. The fraction of sp³-hybridized carbons (Fsp3) is 0.111. The maximum Gasteiger partial charge on any atom is 0.339 e. The molecule has 2 rings (SSSR count). The lowest BCUT2D eigenvalue weighted by Crippen LogP contribution is -1.99. The summed E-state index contributed by atoms with van der Waals surface area (Å²) in [7, 11) is 1.70. The Morgan fingerprint density at radius 2 is 2.33 bits per heavy atom. The summed E-state index contributed by atoms with van der Waals surface area (Å²) in [6, 6.07) is 3.52. The number of carboxylic acids is 1. The lowest BCUT2D eigenvalue weighted by molar-refractivity contribution is 0.0697. The van der Waals surface area contributed by atoms with Crippen LogP contribution in [0.3, 0.4) is 0 Å². The summed E-state index contributed by atoms with van der Waals surface area (Å²) in [5, 5.41) is 12.9. The van der Waals surface area contributed by atoms with E-state index in [4.69, 9.17) is 16.7 Å². The summed E-state index contributed by atoms with van der Waals surface area (Å²) in [4.78, 5) is 11.7. The van der Waals surface area contributed by atoms with Gasteiger partial charge in [0.15, 0.2) is 0 Å².